The molecule has 0 saturated heterocycles. The van der Waals surface area contributed by atoms with Gasteiger partial charge in [0.25, 0.3) is 0 Å². The summed E-state index contributed by atoms with van der Waals surface area (Å²) in [6.07, 6.45) is 3.07. The zero-order valence-corrected chi connectivity index (χ0v) is 11.3. The molecule has 2 nitrogen and oxygen atoms in total. The number of phenols is 1. The van der Waals surface area contributed by atoms with Crippen LogP contribution in [0.2, 0.25) is 0 Å². The summed E-state index contributed by atoms with van der Waals surface area (Å²) in [5.41, 5.74) is 2.72. The van der Waals surface area contributed by atoms with Crippen molar-refractivity contribution in [2.24, 2.45) is 0 Å². The molecular weight excluding hydrogens is 236 g/mol. The minimum Gasteiger partial charge on any atom is -0.508 e. The van der Waals surface area contributed by atoms with Crippen molar-refractivity contribution in [3.63, 3.8) is 0 Å². The second-order valence-corrected chi connectivity index (χ2v) is 4.62. The van der Waals surface area contributed by atoms with Gasteiger partial charge in [-0.25, -0.2) is 0 Å². The van der Waals surface area contributed by atoms with Crippen LogP contribution in [0.15, 0.2) is 48.5 Å². The zero-order valence-electron chi connectivity index (χ0n) is 11.3. The van der Waals surface area contributed by atoms with E-state index in [4.69, 9.17) is 4.74 Å². The van der Waals surface area contributed by atoms with E-state index in [1.807, 2.05) is 6.07 Å². The van der Waals surface area contributed by atoms with E-state index in [9.17, 15) is 5.11 Å². The van der Waals surface area contributed by atoms with E-state index in [2.05, 4.69) is 31.2 Å². The van der Waals surface area contributed by atoms with E-state index in [0.717, 1.165) is 25.0 Å². The minimum absolute atomic E-state index is 0.243. The third-order valence-corrected chi connectivity index (χ3v) is 3.13. The lowest BCUT2D eigenvalue weighted by atomic mass is 10.1. The molecule has 0 unspecified atom stereocenters. The van der Waals surface area contributed by atoms with Crippen LogP contribution in [0.3, 0.4) is 0 Å². The van der Waals surface area contributed by atoms with Crippen LogP contribution < -0.4 is 4.74 Å². The molecule has 0 aromatic heterocycles. The van der Waals surface area contributed by atoms with Gasteiger partial charge in [0, 0.05) is 6.07 Å². The van der Waals surface area contributed by atoms with Crippen molar-refractivity contribution in [3.8, 4) is 11.5 Å². The summed E-state index contributed by atoms with van der Waals surface area (Å²) in [5, 5.41) is 9.32. The Morgan fingerprint density at radius 2 is 1.74 bits per heavy atom. The molecule has 0 saturated carbocycles. The van der Waals surface area contributed by atoms with Crippen LogP contribution in [0, 0.1) is 0 Å². The molecule has 0 aliphatic carbocycles. The highest BCUT2D eigenvalue weighted by atomic mass is 16.5. The Hall–Kier alpha value is -1.96. The molecular formula is C17H20O2. The van der Waals surface area contributed by atoms with Crippen LogP contribution in [0.25, 0.3) is 0 Å². The minimum atomic E-state index is 0.243. The maximum atomic E-state index is 9.32. The molecule has 0 bridgehead atoms. The van der Waals surface area contributed by atoms with Gasteiger partial charge in [-0.05, 0) is 42.5 Å². The largest absolute Gasteiger partial charge is 0.508 e. The van der Waals surface area contributed by atoms with E-state index in [0.29, 0.717) is 6.61 Å². The molecule has 2 aromatic carbocycles. The summed E-state index contributed by atoms with van der Waals surface area (Å²) in [6.45, 7) is 2.83. The average Bonchev–Trinajstić information content (AvgIpc) is 2.44. The maximum absolute atomic E-state index is 9.32. The van der Waals surface area contributed by atoms with Crippen LogP contribution >= 0.6 is 0 Å². The lowest BCUT2D eigenvalue weighted by molar-refractivity contribution is 0.309. The summed E-state index contributed by atoms with van der Waals surface area (Å²) in [5.74, 6) is 0.967. The topological polar surface area (TPSA) is 29.5 Å². The van der Waals surface area contributed by atoms with E-state index in [1.54, 1.807) is 18.2 Å². The molecule has 0 heterocycles. The van der Waals surface area contributed by atoms with E-state index < -0.39 is 0 Å². The van der Waals surface area contributed by atoms with Gasteiger partial charge >= 0.3 is 0 Å². The number of benzene rings is 2. The lowest BCUT2D eigenvalue weighted by Crippen LogP contribution is -1.99. The first-order chi connectivity index (χ1) is 9.28. The Labute approximate surface area is 114 Å². The Morgan fingerprint density at radius 1 is 1.00 bits per heavy atom. The predicted molar refractivity (Wildman–Crippen MR) is 77.7 cm³/mol. The van der Waals surface area contributed by atoms with Gasteiger partial charge in [0.1, 0.15) is 11.5 Å². The van der Waals surface area contributed by atoms with Crippen molar-refractivity contribution in [3.05, 3.63) is 59.7 Å². The van der Waals surface area contributed by atoms with Gasteiger partial charge in [-0.15, -0.1) is 0 Å². The van der Waals surface area contributed by atoms with Gasteiger partial charge in [0.2, 0.25) is 0 Å². The van der Waals surface area contributed by atoms with Gasteiger partial charge < -0.3 is 9.84 Å². The third-order valence-electron chi connectivity index (χ3n) is 3.13. The summed E-state index contributed by atoms with van der Waals surface area (Å²) >= 11 is 0. The Kier molecular flexibility index (Phi) is 4.85. The monoisotopic (exact) mass is 256 g/mol. The molecule has 0 aliphatic heterocycles. The molecule has 0 aliphatic rings. The van der Waals surface area contributed by atoms with Crippen LogP contribution in [0.1, 0.15) is 24.5 Å². The second kappa shape index (κ2) is 6.83. The number of hydrogen-bond acceptors (Lipinski definition) is 2. The number of rotatable bonds is 6. The van der Waals surface area contributed by atoms with Crippen LogP contribution in [0.5, 0.6) is 11.5 Å². The van der Waals surface area contributed by atoms with Crippen molar-refractivity contribution in [1.82, 2.24) is 0 Å². The molecule has 2 aromatic rings. The first kappa shape index (κ1) is 13.5. The molecule has 0 atom stereocenters. The molecule has 0 amide bonds. The van der Waals surface area contributed by atoms with Crippen LogP contribution in [-0.2, 0) is 12.8 Å². The highest BCUT2D eigenvalue weighted by molar-refractivity contribution is 5.31. The summed E-state index contributed by atoms with van der Waals surface area (Å²) in [7, 11) is 0. The molecule has 19 heavy (non-hydrogen) atoms. The van der Waals surface area contributed by atoms with E-state index in [1.165, 1.54) is 11.1 Å². The van der Waals surface area contributed by atoms with Crippen LogP contribution in [0.4, 0.5) is 0 Å². The number of aromatic hydroxyl groups is 1. The first-order valence-corrected chi connectivity index (χ1v) is 6.77. The third kappa shape index (κ3) is 4.32. The fraction of sp³-hybridized carbons (Fsp3) is 0.294. The Bertz CT molecular complexity index is 503. The van der Waals surface area contributed by atoms with Crippen molar-refractivity contribution in [1.29, 1.82) is 0 Å². The first-order valence-electron chi connectivity index (χ1n) is 6.77. The van der Waals surface area contributed by atoms with Crippen LogP contribution in [-0.4, -0.2) is 11.7 Å². The van der Waals surface area contributed by atoms with Gasteiger partial charge in [0.15, 0.2) is 0 Å². The van der Waals surface area contributed by atoms with Crippen molar-refractivity contribution < 1.29 is 9.84 Å². The highest BCUT2D eigenvalue weighted by Crippen LogP contribution is 2.18. The van der Waals surface area contributed by atoms with Gasteiger partial charge in [0.05, 0.1) is 6.61 Å². The number of ether oxygens (including phenoxy) is 1. The normalized spacial score (nSPS) is 10.4. The van der Waals surface area contributed by atoms with Crippen molar-refractivity contribution in [2.45, 2.75) is 26.2 Å². The SMILES string of the molecule is CCc1ccc(CCCOc2cccc(O)c2)cc1. The second-order valence-electron chi connectivity index (χ2n) is 4.62. The van der Waals surface area contributed by atoms with Gasteiger partial charge in [-0.2, -0.15) is 0 Å². The molecule has 2 rings (SSSR count). The zero-order chi connectivity index (χ0) is 13.5. The van der Waals surface area contributed by atoms with Crippen molar-refractivity contribution in [2.75, 3.05) is 6.61 Å². The number of hydrogen-bond donors (Lipinski definition) is 1. The summed E-state index contributed by atoms with van der Waals surface area (Å²) in [4.78, 5) is 0. The standard InChI is InChI=1S/C17H20O2/c1-2-14-8-10-15(11-9-14)5-4-12-19-17-7-3-6-16(18)13-17/h3,6-11,13,18H,2,4-5,12H2,1H3. The fourth-order valence-electron chi connectivity index (χ4n) is 1.98. The molecule has 0 radical (unpaired) electrons. The molecule has 1 N–H and O–H groups in total. The van der Waals surface area contributed by atoms with Gasteiger partial charge in [-0.1, -0.05) is 37.3 Å². The maximum Gasteiger partial charge on any atom is 0.122 e. The summed E-state index contributed by atoms with van der Waals surface area (Å²) < 4.78 is 5.59. The van der Waals surface area contributed by atoms with Gasteiger partial charge in [-0.3, -0.25) is 0 Å². The Balaban J connectivity index is 1.74. The number of phenolic OH excluding ortho intramolecular Hbond substituents is 1. The number of aryl methyl sites for hydroxylation is 2. The molecule has 100 valence electrons. The molecule has 2 heteroatoms. The van der Waals surface area contributed by atoms with E-state index >= 15 is 0 Å². The smallest absolute Gasteiger partial charge is 0.122 e. The lowest BCUT2D eigenvalue weighted by Gasteiger charge is -2.07. The summed E-state index contributed by atoms with van der Waals surface area (Å²) in [6, 6.07) is 15.7. The molecule has 0 fully saturated rings. The van der Waals surface area contributed by atoms with Crippen molar-refractivity contribution >= 4 is 0 Å². The Morgan fingerprint density at radius 3 is 2.42 bits per heavy atom. The predicted octanol–water partition coefficient (Wildman–Crippen LogP) is 3.97. The average molecular weight is 256 g/mol. The van der Waals surface area contributed by atoms with E-state index in [-0.39, 0.29) is 5.75 Å². The quantitative estimate of drug-likeness (QED) is 0.792. The fourth-order valence-corrected chi connectivity index (χ4v) is 1.98. The highest BCUT2D eigenvalue weighted by Gasteiger charge is 1.97. The molecule has 0 spiro atoms.